The molecule has 1 fully saturated rings. The van der Waals surface area contributed by atoms with Gasteiger partial charge < -0.3 is 14.4 Å². The molecule has 1 saturated heterocycles. The topological polar surface area (TPSA) is 58.4 Å². The molecule has 0 spiro atoms. The summed E-state index contributed by atoms with van der Waals surface area (Å²) < 4.78 is 2.02. The van der Waals surface area contributed by atoms with Gasteiger partial charge in [0.2, 0.25) is 5.91 Å². The molecule has 2 aliphatic heterocycles. The van der Waals surface area contributed by atoms with Gasteiger partial charge in [-0.2, -0.15) is 0 Å². The van der Waals surface area contributed by atoms with E-state index >= 15 is 0 Å². The second-order valence-corrected chi connectivity index (χ2v) is 7.89. The van der Waals surface area contributed by atoms with Crippen LogP contribution < -0.4 is 0 Å². The highest BCUT2D eigenvalue weighted by Gasteiger charge is 2.32. The van der Waals surface area contributed by atoms with Crippen molar-refractivity contribution >= 4 is 11.8 Å². The lowest BCUT2D eigenvalue weighted by molar-refractivity contribution is -0.137. The molecule has 1 atom stereocenters. The number of carbonyl (C=O) groups is 2. The van der Waals surface area contributed by atoms with Crippen LogP contribution in [0.5, 0.6) is 0 Å². The van der Waals surface area contributed by atoms with Crippen LogP contribution in [0.25, 0.3) is 0 Å². The number of aromatic nitrogens is 2. The van der Waals surface area contributed by atoms with Crippen LogP contribution in [0.1, 0.15) is 55.7 Å². The van der Waals surface area contributed by atoms with Gasteiger partial charge in [0.15, 0.2) is 0 Å². The van der Waals surface area contributed by atoms with Crippen LogP contribution in [0.15, 0.2) is 6.33 Å². The summed E-state index contributed by atoms with van der Waals surface area (Å²) in [5, 5.41) is 0. The zero-order valence-corrected chi connectivity index (χ0v) is 15.7. The summed E-state index contributed by atoms with van der Waals surface area (Å²) in [6, 6.07) is 0. The van der Waals surface area contributed by atoms with Gasteiger partial charge in [-0.1, -0.05) is 13.8 Å². The molecule has 0 saturated carbocycles. The summed E-state index contributed by atoms with van der Waals surface area (Å²) in [6.07, 6.45) is 6.78. The number of fused-ring (bicyclic) bond motifs is 1. The Morgan fingerprint density at radius 3 is 2.68 bits per heavy atom. The van der Waals surface area contributed by atoms with Crippen LogP contribution in [-0.4, -0.2) is 57.8 Å². The van der Waals surface area contributed by atoms with E-state index in [1.54, 1.807) is 11.2 Å². The largest absolute Gasteiger partial charge is 0.342 e. The Bertz CT molecular complexity index is 631. The van der Waals surface area contributed by atoms with Crippen LogP contribution >= 0.6 is 0 Å². The molecule has 0 bridgehead atoms. The number of likely N-dealkylation sites (tertiary alicyclic amines) is 1. The van der Waals surface area contributed by atoms with Gasteiger partial charge in [0.25, 0.3) is 5.91 Å². The van der Waals surface area contributed by atoms with Crippen LogP contribution in [0.3, 0.4) is 0 Å². The number of hydrogen-bond acceptors (Lipinski definition) is 3. The molecule has 25 heavy (non-hydrogen) atoms. The first-order valence-electron chi connectivity index (χ1n) is 9.55. The first kappa shape index (κ1) is 18.0. The molecule has 6 heteroatoms. The molecule has 3 rings (SSSR count). The molecule has 3 heterocycles. The molecule has 0 radical (unpaired) electrons. The summed E-state index contributed by atoms with van der Waals surface area (Å²) in [6.45, 7) is 7.37. The summed E-state index contributed by atoms with van der Waals surface area (Å²) in [5.74, 6) is 0.724. The lowest BCUT2D eigenvalue weighted by atomic mass is 9.94. The second kappa shape index (κ2) is 7.58. The predicted octanol–water partition coefficient (Wildman–Crippen LogP) is 2.19. The maximum atomic E-state index is 12.8. The number of nitrogens with zero attached hydrogens (tertiary/aromatic N) is 4. The normalized spacial score (nSPS) is 20.5. The van der Waals surface area contributed by atoms with Crippen molar-refractivity contribution in [1.82, 2.24) is 19.4 Å². The molecule has 1 aromatic rings. The number of hydrogen-bond donors (Lipinski definition) is 0. The Balaban J connectivity index is 1.68. The van der Waals surface area contributed by atoms with Crippen molar-refractivity contribution < 1.29 is 9.59 Å². The second-order valence-electron chi connectivity index (χ2n) is 7.89. The molecule has 2 aliphatic rings. The summed E-state index contributed by atoms with van der Waals surface area (Å²) in [4.78, 5) is 33.6. The maximum Gasteiger partial charge on any atom is 0.274 e. The van der Waals surface area contributed by atoms with Gasteiger partial charge >= 0.3 is 0 Å². The van der Waals surface area contributed by atoms with E-state index in [4.69, 9.17) is 0 Å². The zero-order valence-electron chi connectivity index (χ0n) is 15.7. The van der Waals surface area contributed by atoms with Crippen LogP contribution in [0, 0.1) is 11.8 Å². The van der Waals surface area contributed by atoms with Crippen LogP contribution in [0.2, 0.25) is 0 Å². The van der Waals surface area contributed by atoms with E-state index in [-0.39, 0.29) is 17.7 Å². The zero-order chi connectivity index (χ0) is 18.0. The smallest absolute Gasteiger partial charge is 0.274 e. The van der Waals surface area contributed by atoms with Crippen molar-refractivity contribution in [2.75, 3.05) is 26.7 Å². The number of rotatable bonds is 4. The van der Waals surface area contributed by atoms with Gasteiger partial charge in [0.1, 0.15) is 5.69 Å². The van der Waals surface area contributed by atoms with Crippen LogP contribution in [0.4, 0.5) is 0 Å². The number of imidazole rings is 1. The van der Waals surface area contributed by atoms with Gasteiger partial charge in [-0.15, -0.1) is 0 Å². The van der Waals surface area contributed by atoms with E-state index in [1.807, 2.05) is 16.5 Å². The van der Waals surface area contributed by atoms with Gasteiger partial charge in [-0.05, 0) is 38.0 Å². The highest BCUT2D eigenvalue weighted by atomic mass is 16.2. The van der Waals surface area contributed by atoms with E-state index in [0.717, 1.165) is 51.0 Å². The third kappa shape index (κ3) is 3.88. The Morgan fingerprint density at radius 2 is 2.00 bits per heavy atom. The molecular formula is C19H30N4O2. The van der Waals surface area contributed by atoms with Crippen molar-refractivity contribution in [1.29, 1.82) is 0 Å². The van der Waals surface area contributed by atoms with Crippen molar-refractivity contribution in [3.8, 4) is 0 Å². The number of piperidine rings is 1. The van der Waals surface area contributed by atoms with Crippen molar-refractivity contribution in [2.45, 2.75) is 52.5 Å². The quantitative estimate of drug-likeness (QED) is 0.840. The average molecular weight is 346 g/mol. The van der Waals surface area contributed by atoms with Crippen LogP contribution in [-0.2, 0) is 17.8 Å². The summed E-state index contributed by atoms with van der Waals surface area (Å²) in [7, 11) is 1.83. The minimum absolute atomic E-state index is 0.0109. The fourth-order valence-corrected chi connectivity index (χ4v) is 4.03. The SMILES string of the molecule is CC(C)CN(C)C(=O)c1ncn2c1CCC(C(=O)N1CCCCC1)C2. The summed E-state index contributed by atoms with van der Waals surface area (Å²) in [5.41, 5.74) is 1.55. The third-order valence-corrected chi connectivity index (χ3v) is 5.30. The molecular weight excluding hydrogens is 316 g/mol. The Kier molecular flexibility index (Phi) is 5.45. The van der Waals surface area contributed by atoms with Gasteiger partial charge in [0, 0.05) is 33.2 Å². The highest BCUT2D eigenvalue weighted by Crippen LogP contribution is 2.25. The van der Waals surface area contributed by atoms with E-state index < -0.39 is 0 Å². The minimum Gasteiger partial charge on any atom is -0.342 e. The molecule has 1 aromatic heterocycles. The molecule has 138 valence electrons. The van der Waals surface area contributed by atoms with E-state index in [1.165, 1.54) is 6.42 Å². The Hall–Kier alpha value is -1.85. The molecule has 6 nitrogen and oxygen atoms in total. The third-order valence-electron chi connectivity index (χ3n) is 5.30. The fraction of sp³-hybridized carbons (Fsp3) is 0.737. The Morgan fingerprint density at radius 1 is 1.28 bits per heavy atom. The maximum absolute atomic E-state index is 12.8. The fourth-order valence-electron chi connectivity index (χ4n) is 4.03. The van der Waals surface area contributed by atoms with E-state index in [2.05, 4.69) is 18.8 Å². The lowest BCUT2D eigenvalue weighted by Gasteiger charge is -2.32. The molecule has 0 aromatic carbocycles. The van der Waals surface area contributed by atoms with Crippen molar-refractivity contribution in [3.05, 3.63) is 17.7 Å². The van der Waals surface area contributed by atoms with Gasteiger partial charge in [-0.3, -0.25) is 9.59 Å². The minimum atomic E-state index is -0.0109. The predicted molar refractivity (Wildman–Crippen MR) is 96.3 cm³/mol. The van der Waals surface area contributed by atoms with Gasteiger partial charge in [0.05, 0.1) is 17.9 Å². The van der Waals surface area contributed by atoms with E-state index in [0.29, 0.717) is 18.2 Å². The monoisotopic (exact) mass is 346 g/mol. The van der Waals surface area contributed by atoms with Gasteiger partial charge in [-0.25, -0.2) is 4.98 Å². The van der Waals surface area contributed by atoms with E-state index in [9.17, 15) is 9.59 Å². The number of amides is 2. The Labute approximate surface area is 150 Å². The standard InChI is InChI=1S/C19H30N4O2/c1-14(2)11-21(3)19(25)17-16-8-7-15(12-23(16)13-20-17)18(24)22-9-5-4-6-10-22/h13-15H,4-12H2,1-3H3. The first-order valence-corrected chi connectivity index (χ1v) is 9.55. The number of carbonyl (C=O) groups excluding carboxylic acids is 2. The molecule has 0 aliphatic carbocycles. The molecule has 1 unspecified atom stereocenters. The lowest BCUT2D eigenvalue weighted by Crippen LogP contribution is -2.42. The summed E-state index contributed by atoms with van der Waals surface area (Å²) >= 11 is 0. The highest BCUT2D eigenvalue weighted by molar-refractivity contribution is 5.93. The molecule has 0 N–H and O–H groups in total. The average Bonchev–Trinajstić information content (AvgIpc) is 3.03. The van der Waals surface area contributed by atoms with Crippen molar-refractivity contribution in [2.24, 2.45) is 11.8 Å². The first-order chi connectivity index (χ1) is 12.0. The molecule has 2 amide bonds. The van der Waals surface area contributed by atoms with Crippen molar-refractivity contribution in [3.63, 3.8) is 0 Å².